The summed E-state index contributed by atoms with van der Waals surface area (Å²) in [4.78, 5) is 24.2. The Hall–Kier alpha value is -3.13. The van der Waals surface area contributed by atoms with E-state index in [1.807, 2.05) is 13.8 Å². The van der Waals surface area contributed by atoms with E-state index < -0.39 is 11.9 Å². The third-order valence-electron chi connectivity index (χ3n) is 4.27. The van der Waals surface area contributed by atoms with Crippen LogP contribution in [0.4, 0.5) is 5.69 Å². The zero-order chi connectivity index (χ0) is 20.4. The van der Waals surface area contributed by atoms with Crippen LogP contribution < -0.4 is 5.32 Å². The van der Waals surface area contributed by atoms with Gasteiger partial charge in [-0.25, -0.2) is 9.48 Å². The molecular formula is C20H18BrN3O4. The van der Waals surface area contributed by atoms with Crippen LogP contribution in [0.25, 0.3) is 5.69 Å². The minimum atomic E-state index is -0.686. The van der Waals surface area contributed by atoms with Crippen molar-refractivity contribution in [3.8, 4) is 11.4 Å². The predicted molar refractivity (Wildman–Crippen MR) is 108 cm³/mol. The molecule has 7 nitrogen and oxygen atoms in total. The first kappa shape index (κ1) is 19.6. The Balaban J connectivity index is 1.83. The summed E-state index contributed by atoms with van der Waals surface area (Å²) in [6.45, 7) is 3.85. The van der Waals surface area contributed by atoms with Gasteiger partial charge in [0.15, 0.2) is 5.75 Å². The Labute approximate surface area is 170 Å². The summed E-state index contributed by atoms with van der Waals surface area (Å²) >= 11 is 3.50. The van der Waals surface area contributed by atoms with Crippen LogP contribution in [-0.2, 0) is 4.74 Å². The highest BCUT2D eigenvalue weighted by molar-refractivity contribution is 9.10. The lowest BCUT2D eigenvalue weighted by Crippen LogP contribution is -2.13. The van der Waals surface area contributed by atoms with E-state index in [9.17, 15) is 14.7 Å². The van der Waals surface area contributed by atoms with Gasteiger partial charge in [0, 0.05) is 5.56 Å². The van der Waals surface area contributed by atoms with Gasteiger partial charge in [-0.1, -0.05) is 6.07 Å². The Bertz CT molecular complexity index is 1060. The SMILES string of the molecule is COC(=O)c1cccc(NC(=O)c2ccc(-n3nc(C)c(Br)c3C)cc2)c1O. The van der Waals surface area contributed by atoms with Gasteiger partial charge < -0.3 is 15.2 Å². The van der Waals surface area contributed by atoms with Crippen molar-refractivity contribution in [3.05, 3.63) is 69.5 Å². The third kappa shape index (κ3) is 3.63. The second-order valence-corrected chi connectivity index (χ2v) is 6.88. The minimum Gasteiger partial charge on any atom is -0.505 e. The second-order valence-electron chi connectivity index (χ2n) is 6.09. The molecule has 0 atom stereocenters. The highest BCUT2D eigenvalue weighted by atomic mass is 79.9. The number of esters is 1. The molecule has 144 valence electrons. The highest BCUT2D eigenvalue weighted by Crippen LogP contribution is 2.28. The second kappa shape index (κ2) is 7.85. The number of phenolic OH excluding ortho intramolecular Hbond substituents is 1. The van der Waals surface area contributed by atoms with Gasteiger partial charge >= 0.3 is 5.97 Å². The Kier molecular flexibility index (Phi) is 5.51. The van der Waals surface area contributed by atoms with Gasteiger partial charge in [0.05, 0.1) is 34.3 Å². The van der Waals surface area contributed by atoms with Gasteiger partial charge in [-0.3, -0.25) is 4.79 Å². The van der Waals surface area contributed by atoms with Crippen molar-refractivity contribution in [2.45, 2.75) is 13.8 Å². The fourth-order valence-corrected chi connectivity index (χ4v) is 2.99. The number of rotatable bonds is 4. The van der Waals surface area contributed by atoms with Crippen molar-refractivity contribution < 1.29 is 19.4 Å². The molecule has 3 aromatic rings. The van der Waals surface area contributed by atoms with Crippen molar-refractivity contribution in [1.82, 2.24) is 9.78 Å². The molecule has 0 fully saturated rings. The molecular weight excluding hydrogens is 426 g/mol. The number of hydrogen-bond donors (Lipinski definition) is 2. The first-order chi connectivity index (χ1) is 13.3. The molecule has 0 saturated carbocycles. The van der Waals surface area contributed by atoms with E-state index in [1.54, 1.807) is 35.0 Å². The average molecular weight is 444 g/mol. The van der Waals surface area contributed by atoms with E-state index >= 15 is 0 Å². The quantitative estimate of drug-likeness (QED) is 0.469. The number of phenols is 1. The number of anilines is 1. The summed E-state index contributed by atoms with van der Waals surface area (Å²) in [7, 11) is 1.22. The number of hydrogen-bond acceptors (Lipinski definition) is 5. The lowest BCUT2D eigenvalue weighted by atomic mass is 10.1. The van der Waals surface area contributed by atoms with Crippen LogP contribution in [-0.4, -0.2) is 33.9 Å². The molecule has 1 amide bonds. The number of aromatic nitrogens is 2. The highest BCUT2D eigenvalue weighted by Gasteiger charge is 2.17. The molecule has 0 aliphatic heterocycles. The maximum absolute atomic E-state index is 12.5. The number of nitrogens with zero attached hydrogens (tertiary/aromatic N) is 2. The van der Waals surface area contributed by atoms with E-state index in [1.165, 1.54) is 19.2 Å². The van der Waals surface area contributed by atoms with Crippen LogP contribution in [0.15, 0.2) is 46.9 Å². The molecule has 2 N–H and O–H groups in total. The number of halogens is 1. The average Bonchev–Trinajstić information content (AvgIpc) is 2.96. The van der Waals surface area contributed by atoms with Crippen molar-refractivity contribution in [3.63, 3.8) is 0 Å². The third-order valence-corrected chi connectivity index (χ3v) is 5.41. The normalized spacial score (nSPS) is 10.6. The molecule has 8 heteroatoms. The van der Waals surface area contributed by atoms with E-state index in [4.69, 9.17) is 0 Å². The standard InChI is InChI=1S/C20H18BrN3O4/c1-11-17(21)12(2)24(23-11)14-9-7-13(8-10-14)19(26)22-16-6-4-5-15(18(16)25)20(27)28-3/h4-10,25H,1-3H3,(H,22,26). The Morgan fingerprint density at radius 2 is 1.82 bits per heavy atom. The fourth-order valence-electron chi connectivity index (χ4n) is 2.74. The van der Waals surface area contributed by atoms with E-state index in [2.05, 4.69) is 31.1 Å². The monoisotopic (exact) mass is 443 g/mol. The number of nitrogens with one attached hydrogen (secondary N) is 1. The maximum Gasteiger partial charge on any atom is 0.341 e. The Morgan fingerprint density at radius 3 is 2.39 bits per heavy atom. The number of methoxy groups -OCH3 is 1. The summed E-state index contributed by atoms with van der Waals surface area (Å²) in [5.74, 6) is -1.45. The van der Waals surface area contributed by atoms with Crippen molar-refractivity contribution in [2.75, 3.05) is 12.4 Å². The zero-order valence-corrected chi connectivity index (χ0v) is 17.1. The van der Waals surface area contributed by atoms with Gasteiger partial charge in [-0.15, -0.1) is 0 Å². The van der Waals surface area contributed by atoms with Gasteiger partial charge in [-0.2, -0.15) is 5.10 Å². The molecule has 0 aliphatic carbocycles. The Morgan fingerprint density at radius 1 is 1.14 bits per heavy atom. The van der Waals surface area contributed by atoms with E-state index in [0.29, 0.717) is 5.56 Å². The fraction of sp³-hybridized carbons (Fsp3) is 0.150. The zero-order valence-electron chi connectivity index (χ0n) is 15.5. The maximum atomic E-state index is 12.5. The topological polar surface area (TPSA) is 93.5 Å². The molecule has 0 spiro atoms. The van der Waals surface area contributed by atoms with Crippen LogP contribution in [0.3, 0.4) is 0 Å². The number of aromatic hydroxyl groups is 1. The van der Waals surface area contributed by atoms with Crippen LogP contribution in [0.1, 0.15) is 32.1 Å². The molecule has 3 rings (SSSR count). The van der Waals surface area contributed by atoms with Crippen LogP contribution >= 0.6 is 15.9 Å². The number of carbonyl (C=O) groups excluding carboxylic acids is 2. The summed E-state index contributed by atoms with van der Waals surface area (Å²) in [6.07, 6.45) is 0. The predicted octanol–water partition coefficient (Wildman–Crippen LogP) is 4.00. The number of para-hydroxylation sites is 1. The van der Waals surface area contributed by atoms with Crippen LogP contribution in [0.2, 0.25) is 0 Å². The summed E-state index contributed by atoms with van der Waals surface area (Å²) in [5, 5.41) is 17.3. The lowest BCUT2D eigenvalue weighted by Gasteiger charge is -2.10. The van der Waals surface area contributed by atoms with Gasteiger partial charge in [-0.05, 0) is 66.2 Å². The molecule has 28 heavy (non-hydrogen) atoms. The van der Waals surface area contributed by atoms with Gasteiger partial charge in [0.25, 0.3) is 5.91 Å². The number of amides is 1. The molecule has 0 bridgehead atoms. The molecule has 1 aromatic heterocycles. The van der Waals surface area contributed by atoms with Crippen molar-refractivity contribution in [1.29, 1.82) is 0 Å². The number of ether oxygens (including phenoxy) is 1. The first-order valence-corrected chi connectivity index (χ1v) is 9.16. The molecule has 0 aliphatic rings. The van der Waals surface area contributed by atoms with E-state index in [-0.39, 0.29) is 17.0 Å². The lowest BCUT2D eigenvalue weighted by molar-refractivity contribution is 0.0597. The number of aryl methyl sites for hydroxylation is 1. The summed E-state index contributed by atoms with van der Waals surface area (Å²) in [6, 6.07) is 11.4. The molecule has 1 heterocycles. The smallest absolute Gasteiger partial charge is 0.341 e. The molecule has 0 radical (unpaired) electrons. The number of benzene rings is 2. The minimum absolute atomic E-state index is 0.0225. The molecule has 2 aromatic carbocycles. The molecule has 0 saturated heterocycles. The van der Waals surface area contributed by atoms with E-state index in [0.717, 1.165) is 21.5 Å². The van der Waals surface area contributed by atoms with Crippen LogP contribution in [0, 0.1) is 13.8 Å². The van der Waals surface area contributed by atoms with Gasteiger partial charge in [0.1, 0.15) is 5.56 Å². The van der Waals surface area contributed by atoms with Gasteiger partial charge in [0.2, 0.25) is 0 Å². The largest absolute Gasteiger partial charge is 0.505 e. The summed E-state index contributed by atoms with van der Waals surface area (Å²) < 4.78 is 7.34. The molecule has 0 unspecified atom stereocenters. The first-order valence-electron chi connectivity index (χ1n) is 8.37. The van der Waals surface area contributed by atoms with Crippen LogP contribution in [0.5, 0.6) is 5.75 Å². The van der Waals surface area contributed by atoms with Crippen molar-refractivity contribution >= 4 is 33.5 Å². The number of carbonyl (C=O) groups is 2. The summed E-state index contributed by atoms with van der Waals surface area (Å²) in [5.41, 5.74) is 3.15. The van der Waals surface area contributed by atoms with Crippen molar-refractivity contribution in [2.24, 2.45) is 0 Å².